The van der Waals surface area contributed by atoms with Crippen molar-refractivity contribution in [2.24, 2.45) is 0 Å². The van der Waals surface area contributed by atoms with E-state index in [1.807, 2.05) is 6.07 Å². The second kappa shape index (κ2) is 8.95. The Bertz CT molecular complexity index is 1340. The SMILES string of the molecule is O=C(c1cncn1-c1ccc(F)cc1)N(Cc1nc2ccccc2c(=O)[nH]1)C[C@H]1CCCO1. The van der Waals surface area contributed by atoms with E-state index in [9.17, 15) is 14.0 Å². The number of fused-ring (bicyclic) bond motifs is 1. The van der Waals surface area contributed by atoms with E-state index < -0.39 is 0 Å². The summed E-state index contributed by atoms with van der Waals surface area (Å²) in [5.41, 5.74) is 1.25. The van der Waals surface area contributed by atoms with E-state index in [4.69, 9.17) is 4.74 Å². The Morgan fingerprint density at radius 2 is 2.03 bits per heavy atom. The molecule has 0 aliphatic carbocycles. The molecule has 3 heterocycles. The zero-order valence-electron chi connectivity index (χ0n) is 17.8. The third kappa shape index (κ3) is 4.40. The van der Waals surface area contributed by atoms with Crippen LogP contribution in [0.25, 0.3) is 16.6 Å². The Morgan fingerprint density at radius 3 is 2.82 bits per heavy atom. The fourth-order valence-corrected chi connectivity index (χ4v) is 4.07. The first kappa shape index (κ1) is 21.0. The lowest BCUT2D eigenvalue weighted by molar-refractivity contribution is 0.0495. The molecule has 1 fully saturated rings. The topological polar surface area (TPSA) is 93.1 Å². The first-order valence-corrected chi connectivity index (χ1v) is 10.8. The average Bonchev–Trinajstić information content (AvgIpc) is 3.51. The van der Waals surface area contributed by atoms with Gasteiger partial charge in [0.15, 0.2) is 0 Å². The van der Waals surface area contributed by atoms with Crippen molar-refractivity contribution in [2.45, 2.75) is 25.5 Å². The van der Waals surface area contributed by atoms with Crippen LogP contribution in [-0.2, 0) is 11.3 Å². The number of rotatable bonds is 6. The molecular formula is C24H22FN5O3. The van der Waals surface area contributed by atoms with Crippen molar-refractivity contribution in [3.05, 3.63) is 88.7 Å². The van der Waals surface area contributed by atoms with Gasteiger partial charge >= 0.3 is 0 Å². The number of para-hydroxylation sites is 1. The highest BCUT2D eigenvalue weighted by molar-refractivity contribution is 5.93. The molecule has 1 atom stereocenters. The number of benzene rings is 2. The predicted octanol–water partition coefficient (Wildman–Crippen LogP) is 3.07. The Kier molecular flexibility index (Phi) is 5.70. The van der Waals surface area contributed by atoms with Gasteiger partial charge in [0.05, 0.1) is 36.1 Å². The fourth-order valence-electron chi connectivity index (χ4n) is 4.07. The van der Waals surface area contributed by atoms with E-state index in [0.717, 1.165) is 12.8 Å². The molecule has 1 aliphatic heterocycles. The lowest BCUT2D eigenvalue weighted by atomic mass is 10.2. The van der Waals surface area contributed by atoms with Gasteiger partial charge in [-0.2, -0.15) is 0 Å². The summed E-state index contributed by atoms with van der Waals surface area (Å²) in [6.07, 6.45) is 4.68. The van der Waals surface area contributed by atoms with Gasteiger partial charge in [-0.25, -0.2) is 14.4 Å². The van der Waals surface area contributed by atoms with E-state index in [2.05, 4.69) is 15.0 Å². The van der Waals surface area contributed by atoms with Crippen molar-refractivity contribution in [1.29, 1.82) is 0 Å². The Balaban J connectivity index is 1.48. The molecule has 0 spiro atoms. The number of ether oxygens (including phenoxy) is 1. The number of hydrogen-bond acceptors (Lipinski definition) is 5. The third-order valence-corrected chi connectivity index (χ3v) is 5.70. The number of aromatic amines is 1. The molecule has 9 heteroatoms. The molecule has 2 aromatic heterocycles. The molecule has 5 rings (SSSR count). The van der Waals surface area contributed by atoms with Gasteiger partial charge in [0.25, 0.3) is 11.5 Å². The lowest BCUT2D eigenvalue weighted by Gasteiger charge is -2.25. The summed E-state index contributed by atoms with van der Waals surface area (Å²) in [4.78, 5) is 39.2. The van der Waals surface area contributed by atoms with Crippen molar-refractivity contribution in [2.75, 3.05) is 13.2 Å². The number of imidazole rings is 1. The molecule has 1 N–H and O–H groups in total. The zero-order valence-corrected chi connectivity index (χ0v) is 17.8. The summed E-state index contributed by atoms with van der Waals surface area (Å²) in [6, 6.07) is 12.9. The van der Waals surface area contributed by atoms with Crippen LogP contribution in [0.2, 0.25) is 0 Å². The molecule has 1 amide bonds. The minimum Gasteiger partial charge on any atom is -0.376 e. The Hall–Kier alpha value is -3.85. The van der Waals surface area contributed by atoms with Crippen molar-refractivity contribution in [3.8, 4) is 5.69 Å². The van der Waals surface area contributed by atoms with E-state index in [-0.39, 0.29) is 29.9 Å². The van der Waals surface area contributed by atoms with Crippen LogP contribution >= 0.6 is 0 Å². The van der Waals surface area contributed by atoms with Gasteiger partial charge < -0.3 is 14.6 Å². The summed E-state index contributed by atoms with van der Waals surface area (Å²) in [6.45, 7) is 1.11. The summed E-state index contributed by atoms with van der Waals surface area (Å²) in [5, 5.41) is 0.493. The smallest absolute Gasteiger partial charge is 0.272 e. The average molecular weight is 447 g/mol. The number of halogens is 1. The highest BCUT2D eigenvalue weighted by Crippen LogP contribution is 2.19. The van der Waals surface area contributed by atoms with Gasteiger partial charge in [-0.05, 0) is 49.2 Å². The maximum atomic E-state index is 13.6. The highest BCUT2D eigenvalue weighted by atomic mass is 19.1. The van der Waals surface area contributed by atoms with Crippen LogP contribution in [0.4, 0.5) is 4.39 Å². The van der Waals surface area contributed by atoms with Crippen LogP contribution in [0.15, 0.2) is 65.8 Å². The zero-order chi connectivity index (χ0) is 22.8. The Labute approximate surface area is 188 Å². The van der Waals surface area contributed by atoms with Crippen molar-refractivity contribution >= 4 is 16.8 Å². The first-order valence-electron chi connectivity index (χ1n) is 10.8. The molecule has 0 radical (unpaired) electrons. The summed E-state index contributed by atoms with van der Waals surface area (Å²) in [7, 11) is 0. The van der Waals surface area contributed by atoms with Crippen LogP contribution in [0.1, 0.15) is 29.2 Å². The lowest BCUT2D eigenvalue weighted by Crippen LogP contribution is -2.38. The van der Waals surface area contributed by atoms with Gasteiger partial charge in [0, 0.05) is 18.8 Å². The van der Waals surface area contributed by atoms with Gasteiger partial charge in [-0.3, -0.25) is 14.2 Å². The largest absolute Gasteiger partial charge is 0.376 e. The monoisotopic (exact) mass is 447 g/mol. The van der Waals surface area contributed by atoms with E-state index >= 15 is 0 Å². The minimum atomic E-state index is -0.363. The first-order chi connectivity index (χ1) is 16.1. The van der Waals surface area contributed by atoms with E-state index in [0.29, 0.717) is 41.3 Å². The maximum Gasteiger partial charge on any atom is 0.272 e. The van der Waals surface area contributed by atoms with Crippen molar-refractivity contribution < 1.29 is 13.9 Å². The van der Waals surface area contributed by atoms with Crippen LogP contribution in [0.3, 0.4) is 0 Å². The predicted molar refractivity (Wildman–Crippen MR) is 120 cm³/mol. The molecule has 0 bridgehead atoms. The van der Waals surface area contributed by atoms with Gasteiger partial charge in [-0.1, -0.05) is 12.1 Å². The molecule has 1 saturated heterocycles. The highest BCUT2D eigenvalue weighted by Gasteiger charge is 2.26. The molecule has 8 nitrogen and oxygen atoms in total. The van der Waals surface area contributed by atoms with Crippen molar-refractivity contribution in [3.63, 3.8) is 0 Å². The van der Waals surface area contributed by atoms with Crippen LogP contribution in [0.5, 0.6) is 0 Å². The molecule has 2 aromatic carbocycles. The number of carbonyl (C=O) groups excluding carboxylic acids is 1. The Morgan fingerprint density at radius 1 is 1.21 bits per heavy atom. The molecule has 33 heavy (non-hydrogen) atoms. The second-order valence-electron chi connectivity index (χ2n) is 7.98. The molecule has 4 aromatic rings. The molecule has 0 unspecified atom stereocenters. The van der Waals surface area contributed by atoms with Crippen LogP contribution in [-0.4, -0.2) is 49.6 Å². The normalized spacial score (nSPS) is 15.7. The van der Waals surface area contributed by atoms with Gasteiger partial charge in [-0.15, -0.1) is 0 Å². The maximum absolute atomic E-state index is 13.6. The summed E-state index contributed by atoms with van der Waals surface area (Å²) >= 11 is 0. The third-order valence-electron chi connectivity index (χ3n) is 5.70. The van der Waals surface area contributed by atoms with E-state index in [1.54, 1.807) is 39.8 Å². The number of aromatic nitrogens is 4. The van der Waals surface area contributed by atoms with Crippen LogP contribution in [0, 0.1) is 5.82 Å². The van der Waals surface area contributed by atoms with Crippen LogP contribution < -0.4 is 5.56 Å². The quantitative estimate of drug-likeness (QED) is 0.490. The minimum absolute atomic E-state index is 0.0941. The number of H-pyrrole nitrogens is 1. The fraction of sp³-hybridized carbons (Fsp3) is 0.250. The molecular weight excluding hydrogens is 425 g/mol. The second-order valence-corrected chi connectivity index (χ2v) is 7.98. The molecule has 1 aliphatic rings. The van der Waals surface area contributed by atoms with Gasteiger partial charge in [0.2, 0.25) is 0 Å². The summed E-state index contributed by atoms with van der Waals surface area (Å²) < 4.78 is 20.8. The number of carbonyl (C=O) groups is 1. The summed E-state index contributed by atoms with van der Waals surface area (Å²) in [5.74, 6) is -0.265. The number of hydrogen-bond donors (Lipinski definition) is 1. The van der Waals surface area contributed by atoms with Crippen molar-refractivity contribution in [1.82, 2.24) is 24.4 Å². The van der Waals surface area contributed by atoms with E-state index in [1.165, 1.54) is 24.7 Å². The molecule has 168 valence electrons. The molecule has 0 saturated carbocycles. The standard InChI is InChI=1S/C24H22FN5O3/c25-16-7-9-17(10-8-16)30-15-26-12-21(30)24(32)29(13-18-4-3-11-33-18)14-22-27-20-6-2-1-5-19(20)23(31)28-22/h1-2,5-10,12,15,18H,3-4,11,13-14H2,(H,27,28,31)/t18-/m1/s1. The number of nitrogens with zero attached hydrogens (tertiary/aromatic N) is 4. The number of amides is 1. The van der Waals surface area contributed by atoms with Gasteiger partial charge in [0.1, 0.15) is 17.3 Å². The number of nitrogens with one attached hydrogen (secondary N) is 1.